The van der Waals surface area contributed by atoms with Gasteiger partial charge in [0.15, 0.2) is 0 Å². The van der Waals surface area contributed by atoms with Crippen molar-refractivity contribution in [1.29, 1.82) is 0 Å². The Morgan fingerprint density at radius 3 is 1.24 bits per heavy atom. The van der Waals surface area contributed by atoms with Crippen molar-refractivity contribution < 1.29 is 10.2 Å². The normalized spacial score (nSPS) is 11.5. The van der Waals surface area contributed by atoms with Gasteiger partial charge in [0.25, 0.3) is 0 Å². The Morgan fingerprint density at radius 2 is 0.862 bits per heavy atom. The molecule has 4 aromatic carbocycles. The van der Waals surface area contributed by atoms with Crippen molar-refractivity contribution in [3.05, 3.63) is 109 Å². The molecule has 0 atom stereocenters. The number of para-hydroxylation sites is 2. The van der Waals surface area contributed by atoms with Crippen LogP contribution in [0.3, 0.4) is 0 Å². The van der Waals surface area contributed by atoms with Crippen molar-refractivity contribution in [2.75, 3.05) is 0 Å². The molecular formula is C25H23O2PSi. The molecule has 4 aromatic rings. The van der Waals surface area contributed by atoms with Crippen LogP contribution in [-0.4, -0.2) is 18.0 Å². The predicted molar refractivity (Wildman–Crippen MR) is 126 cm³/mol. The van der Waals surface area contributed by atoms with Crippen molar-refractivity contribution in [2.45, 2.75) is 6.55 Å². The molecule has 0 saturated carbocycles. The highest BCUT2D eigenvalue weighted by Crippen LogP contribution is 2.48. The van der Waals surface area contributed by atoms with Crippen LogP contribution in [0, 0.1) is 0 Å². The van der Waals surface area contributed by atoms with E-state index in [1.54, 1.807) is 12.1 Å². The van der Waals surface area contributed by atoms with Gasteiger partial charge in [-0.1, -0.05) is 104 Å². The van der Waals surface area contributed by atoms with E-state index in [0.29, 0.717) is 0 Å². The van der Waals surface area contributed by atoms with Gasteiger partial charge in [0.1, 0.15) is 19.2 Å². The maximum Gasteiger partial charge on any atom is 0.150 e. The number of hydrogen-bond acceptors (Lipinski definition) is 2. The minimum absolute atomic E-state index is 0.285. The summed E-state index contributed by atoms with van der Waals surface area (Å²) >= 11 is 0. The summed E-state index contributed by atoms with van der Waals surface area (Å²) in [5.41, 5.74) is 0. The fraction of sp³-hybridized carbons (Fsp3) is 0.0400. The second-order valence-electron chi connectivity index (χ2n) is 7.12. The van der Waals surface area contributed by atoms with Crippen molar-refractivity contribution in [2.24, 2.45) is 0 Å². The number of rotatable bonds is 5. The van der Waals surface area contributed by atoms with E-state index < -0.39 is 15.2 Å². The molecule has 0 amide bonds. The van der Waals surface area contributed by atoms with Crippen LogP contribution in [0.15, 0.2) is 109 Å². The van der Waals surface area contributed by atoms with Crippen molar-refractivity contribution in [1.82, 2.24) is 0 Å². The molecule has 144 valence electrons. The SMILES string of the molecule is C[Si](c1ccccc1)(c1ccccc1)P(c1ccccc1O)c1ccccc1O. The van der Waals surface area contributed by atoms with Gasteiger partial charge in [0.2, 0.25) is 0 Å². The van der Waals surface area contributed by atoms with Gasteiger partial charge < -0.3 is 10.2 Å². The first-order valence-corrected chi connectivity index (χ1v) is 14.3. The first-order chi connectivity index (χ1) is 14.1. The fourth-order valence-electron chi connectivity index (χ4n) is 3.87. The Hall–Kier alpha value is -2.87. The molecule has 0 fully saturated rings. The quantitative estimate of drug-likeness (QED) is 0.384. The molecule has 0 bridgehead atoms. The van der Waals surface area contributed by atoms with Crippen LogP contribution >= 0.6 is 7.47 Å². The molecule has 0 aliphatic rings. The van der Waals surface area contributed by atoms with Gasteiger partial charge >= 0.3 is 0 Å². The van der Waals surface area contributed by atoms with Crippen molar-refractivity contribution >= 4 is 36.2 Å². The molecule has 0 aliphatic carbocycles. The Balaban J connectivity index is 2.08. The van der Waals surface area contributed by atoms with Gasteiger partial charge in [-0.25, -0.2) is 0 Å². The summed E-state index contributed by atoms with van der Waals surface area (Å²) in [4.78, 5) is 0. The van der Waals surface area contributed by atoms with E-state index in [-0.39, 0.29) is 11.5 Å². The van der Waals surface area contributed by atoms with E-state index in [4.69, 9.17) is 0 Å². The maximum absolute atomic E-state index is 10.8. The summed E-state index contributed by atoms with van der Waals surface area (Å²) in [5, 5.41) is 26.1. The molecule has 0 heterocycles. The first-order valence-electron chi connectivity index (χ1n) is 9.59. The van der Waals surface area contributed by atoms with E-state index in [2.05, 4.69) is 55.1 Å². The molecular weight excluding hydrogens is 391 g/mol. The van der Waals surface area contributed by atoms with Crippen LogP contribution in [-0.2, 0) is 0 Å². The predicted octanol–water partition coefficient (Wildman–Crippen LogP) is 3.92. The Labute approximate surface area is 173 Å². The van der Waals surface area contributed by atoms with Gasteiger partial charge in [0.05, 0.1) is 0 Å². The number of aromatic hydroxyl groups is 2. The molecule has 0 radical (unpaired) electrons. The second-order valence-corrected chi connectivity index (χ2v) is 16.1. The maximum atomic E-state index is 10.8. The van der Waals surface area contributed by atoms with Gasteiger partial charge in [-0.2, -0.15) is 0 Å². The van der Waals surface area contributed by atoms with Gasteiger partial charge in [-0.05, 0) is 30.0 Å². The summed E-state index contributed by atoms with van der Waals surface area (Å²) in [7, 11) is -3.48. The van der Waals surface area contributed by atoms with Crippen molar-refractivity contribution in [3.63, 3.8) is 0 Å². The van der Waals surface area contributed by atoms with Crippen LogP contribution in [0.4, 0.5) is 0 Å². The summed E-state index contributed by atoms with van der Waals surface area (Å²) in [6, 6.07) is 36.3. The second kappa shape index (κ2) is 8.24. The molecule has 0 aromatic heterocycles. The van der Waals surface area contributed by atoms with Gasteiger partial charge in [0, 0.05) is 10.6 Å². The average Bonchev–Trinajstić information content (AvgIpc) is 2.77. The van der Waals surface area contributed by atoms with E-state index >= 15 is 0 Å². The van der Waals surface area contributed by atoms with Crippen LogP contribution < -0.4 is 21.0 Å². The lowest BCUT2D eigenvalue weighted by molar-refractivity contribution is 0.479. The van der Waals surface area contributed by atoms with Gasteiger partial charge in [-0.3, -0.25) is 0 Å². The molecule has 0 aliphatic heterocycles. The van der Waals surface area contributed by atoms with E-state index in [1.807, 2.05) is 48.5 Å². The van der Waals surface area contributed by atoms with Crippen LogP contribution in [0.1, 0.15) is 0 Å². The Bertz CT molecular complexity index is 1010. The number of benzene rings is 4. The first kappa shape index (κ1) is 19.4. The Kier molecular flexibility index (Phi) is 5.53. The molecule has 4 heteroatoms. The molecule has 2 N–H and O–H groups in total. The summed E-state index contributed by atoms with van der Waals surface area (Å²) in [6.07, 6.45) is 0. The topological polar surface area (TPSA) is 40.5 Å². The number of hydrogen-bond donors (Lipinski definition) is 2. The van der Waals surface area contributed by atoms with Crippen molar-refractivity contribution in [3.8, 4) is 11.5 Å². The lowest BCUT2D eigenvalue weighted by atomic mass is 10.3. The largest absolute Gasteiger partial charge is 0.507 e. The zero-order valence-electron chi connectivity index (χ0n) is 16.2. The monoisotopic (exact) mass is 414 g/mol. The number of phenols is 2. The highest BCUT2D eigenvalue weighted by atomic mass is 31.4. The molecule has 2 nitrogen and oxygen atoms in total. The van der Waals surface area contributed by atoms with Crippen LogP contribution in [0.5, 0.6) is 11.5 Å². The van der Waals surface area contributed by atoms with Crippen LogP contribution in [0.2, 0.25) is 6.55 Å². The van der Waals surface area contributed by atoms with Gasteiger partial charge in [-0.15, -0.1) is 0 Å². The average molecular weight is 415 g/mol. The zero-order chi connectivity index (χ0) is 20.3. The zero-order valence-corrected chi connectivity index (χ0v) is 18.1. The molecule has 0 unspecified atom stereocenters. The molecule has 29 heavy (non-hydrogen) atoms. The minimum atomic E-state index is -2.43. The van der Waals surface area contributed by atoms with Crippen LogP contribution in [0.25, 0.3) is 0 Å². The third-order valence-electron chi connectivity index (χ3n) is 5.36. The lowest BCUT2D eigenvalue weighted by Crippen LogP contribution is -2.57. The summed E-state index contributed by atoms with van der Waals surface area (Å²) < 4.78 is 0. The standard InChI is InChI=1S/C25H23O2PSi/c1-29(20-12-4-2-5-13-20,21-14-6-3-7-15-21)28(24-18-10-8-16-22(24)26)25-19-11-9-17-23(25)27/h2-19,26-27H,1H3. The summed E-state index contributed by atoms with van der Waals surface area (Å²) in [6.45, 7) is 2.35. The Morgan fingerprint density at radius 1 is 0.517 bits per heavy atom. The lowest BCUT2D eigenvalue weighted by Gasteiger charge is -2.38. The number of phenolic OH excluding ortho intramolecular Hbond substituents is 2. The molecule has 0 spiro atoms. The fourth-order valence-corrected chi connectivity index (χ4v) is 15.2. The van der Waals surface area contributed by atoms with E-state index in [1.165, 1.54) is 10.4 Å². The summed E-state index contributed by atoms with van der Waals surface area (Å²) in [5.74, 6) is 0.569. The van der Waals surface area contributed by atoms with E-state index in [9.17, 15) is 10.2 Å². The highest BCUT2D eigenvalue weighted by Gasteiger charge is 2.43. The molecule has 4 rings (SSSR count). The van der Waals surface area contributed by atoms with E-state index in [0.717, 1.165) is 10.6 Å². The third-order valence-corrected chi connectivity index (χ3v) is 16.6. The highest BCUT2D eigenvalue weighted by molar-refractivity contribution is 8.08. The third kappa shape index (κ3) is 3.60. The smallest absolute Gasteiger partial charge is 0.150 e. The minimum Gasteiger partial charge on any atom is -0.507 e. The molecule has 0 saturated heterocycles.